The van der Waals surface area contributed by atoms with Gasteiger partial charge in [-0.1, -0.05) is 37.4 Å². The number of hydrogen-bond acceptors (Lipinski definition) is 7. The van der Waals surface area contributed by atoms with Crippen LogP contribution in [0.15, 0.2) is 66.8 Å². The van der Waals surface area contributed by atoms with E-state index in [1.807, 2.05) is 42.5 Å². The van der Waals surface area contributed by atoms with Crippen molar-refractivity contribution in [1.29, 1.82) is 0 Å². The lowest BCUT2D eigenvalue weighted by atomic mass is 10.00. The molecule has 36 heavy (non-hydrogen) atoms. The topological polar surface area (TPSA) is 80.3 Å². The first-order chi connectivity index (χ1) is 17.1. The fourth-order valence-electron chi connectivity index (χ4n) is 3.55. The lowest BCUT2D eigenvalue weighted by Crippen LogP contribution is -2.23. The van der Waals surface area contributed by atoms with Crippen molar-refractivity contribution in [2.24, 2.45) is 0 Å². The van der Waals surface area contributed by atoms with Crippen LogP contribution in [-0.2, 0) is 19.1 Å². The Bertz CT molecular complexity index is 1310. The van der Waals surface area contributed by atoms with Gasteiger partial charge in [-0.2, -0.15) is 0 Å². The van der Waals surface area contributed by atoms with Crippen molar-refractivity contribution in [3.63, 3.8) is 0 Å². The van der Waals surface area contributed by atoms with Gasteiger partial charge in [0.15, 0.2) is 0 Å². The maximum absolute atomic E-state index is 11.9. The first kappa shape index (κ1) is 26.6. The summed E-state index contributed by atoms with van der Waals surface area (Å²) < 4.78 is 28.7. The smallest absolute Gasteiger partial charge is 0.333 e. The number of methoxy groups -OCH3 is 1. The van der Waals surface area contributed by atoms with Gasteiger partial charge >= 0.3 is 11.9 Å². The van der Waals surface area contributed by atoms with Crippen molar-refractivity contribution in [2.75, 3.05) is 20.3 Å². The Morgan fingerprint density at radius 3 is 1.64 bits per heavy atom. The second-order valence-corrected chi connectivity index (χ2v) is 8.73. The largest absolute Gasteiger partial charge is 0.497 e. The number of carbonyl (C=O) groups excluding carboxylic acids is 2. The van der Waals surface area contributed by atoms with Gasteiger partial charge in [0, 0.05) is 32.7 Å². The minimum atomic E-state index is -0.492. The lowest BCUT2D eigenvalue weighted by molar-refractivity contribution is -0.145. The summed E-state index contributed by atoms with van der Waals surface area (Å²) in [6, 6.07) is 13.3. The van der Waals surface area contributed by atoms with E-state index in [0.717, 1.165) is 21.5 Å². The molecular formula is C29H32O7. The Morgan fingerprint density at radius 1 is 0.750 bits per heavy atom. The number of benzene rings is 3. The molecule has 0 spiro atoms. The highest BCUT2D eigenvalue weighted by atomic mass is 16.6. The molecule has 0 saturated heterocycles. The monoisotopic (exact) mass is 492 g/mol. The maximum Gasteiger partial charge on any atom is 0.333 e. The van der Waals surface area contributed by atoms with E-state index in [9.17, 15) is 9.59 Å². The molecule has 3 rings (SSSR count). The predicted octanol–water partition coefficient (Wildman–Crippen LogP) is 5.77. The molecule has 0 saturated carbocycles. The summed E-state index contributed by atoms with van der Waals surface area (Å²) in [5.74, 6) is 0.977. The van der Waals surface area contributed by atoms with Gasteiger partial charge in [0.05, 0.1) is 7.11 Å². The zero-order valence-corrected chi connectivity index (χ0v) is 21.4. The molecule has 0 amide bonds. The lowest BCUT2D eigenvalue weighted by Gasteiger charge is -2.21. The summed E-state index contributed by atoms with van der Waals surface area (Å²) in [6.45, 7) is 14.2. The molecular weight excluding hydrogens is 460 g/mol. The Labute approximate surface area is 211 Å². The van der Waals surface area contributed by atoms with Crippen LogP contribution in [0, 0.1) is 0 Å². The minimum absolute atomic E-state index is 0.142. The SMILES string of the molecule is C=C(C)C(=O)OC(C)COc1c2ccccc2c(OCC(C)OC(=O)C(=C)C)c2cc(OC)ccc12. The van der Waals surface area contributed by atoms with Gasteiger partial charge in [-0.3, -0.25) is 0 Å². The average molecular weight is 493 g/mol. The Kier molecular flexibility index (Phi) is 8.59. The highest BCUT2D eigenvalue weighted by Gasteiger charge is 2.20. The van der Waals surface area contributed by atoms with E-state index in [0.29, 0.717) is 28.4 Å². The Morgan fingerprint density at radius 2 is 1.19 bits per heavy atom. The van der Waals surface area contributed by atoms with Crippen LogP contribution in [0.5, 0.6) is 17.2 Å². The van der Waals surface area contributed by atoms with Gasteiger partial charge in [0.2, 0.25) is 0 Å². The fraction of sp³-hybridized carbons (Fsp3) is 0.310. The van der Waals surface area contributed by atoms with Crippen LogP contribution in [-0.4, -0.2) is 44.5 Å². The molecule has 0 aliphatic carbocycles. The number of esters is 2. The first-order valence-corrected chi connectivity index (χ1v) is 11.6. The maximum atomic E-state index is 11.9. The van der Waals surface area contributed by atoms with Crippen LogP contribution in [0.3, 0.4) is 0 Å². The Hall–Kier alpha value is -4.00. The standard InChI is InChI=1S/C29H32O7/c1-17(2)28(30)35-19(5)15-33-26-22-10-8-9-11-23(22)27(25-14-21(32-7)12-13-24(25)26)34-16-20(6)36-29(31)18(3)4/h8-14,19-20H,1,3,15-16H2,2,4-7H3. The third kappa shape index (κ3) is 6.16. The Balaban J connectivity index is 2.01. The molecule has 3 aromatic rings. The molecule has 0 aliphatic rings. The van der Waals surface area contributed by atoms with Gasteiger partial charge < -0.3 is 23.7 Å². The van der Waals surface area contributed by atoms with Gasteiger partial charge in [-0.05, 0) is 45.9 Å². The van der Waals surface area contributed by atoms with Crippen LogP contribution >= 0.6 is 0 Å². The quantitative estimate of drug-likeness (QED) is 0.191. The molecule has 7 nitrogen and oxygen atoms in total. The number of rotatable bonds is 11. The van der Waals surface area contributed by atoms with E-state index in [2.05, 4.69) is 13.2 Å². The highest BCUT2D eigenvalue weighted by molar-refractivity contribution is 6.11. The fourth-order valence-corrected chi connectivity index (χ4v) is 3.55. The minimum Gasteiger partial charge on any atom is -0.497 e. The molecule has 0 heterocycles. The van der Waals surface area contributed by atoms with E-state index in [-0.39, 0.29) is 13.2 Å². The molecule has 2 atom stereocenters. The van der Waals surface area contributed by atoms with Crippen molar-refractivity contribution < 1.29 is 33.3 Å². The van der Waals surface area contributed by atoms with Crippen LogP contribution in [0.4, 0.5) is 0 Å². The molecule has 0 fully saturated rings. The normalized spacial score (nSPS) is 12.5. The second kappa shape index (κ2) is 11.6. The van der Waals surface area contributed by atoms with E-state index in [1.54, 1.807) is 34.8 Å². The first-order valence-electron chi connectivity index (χ1n) is 11.6. The van der Waals surface area contributed by atoms with Crippen molar-refractivity contribution in [3.8, 4) is 17.2 Å². The van der Waals surface area contributed by atoms with Gasteiger partial charge in [0.1, 0.15) is 42.7 Å². The molecule has 0 aromatic heterocycles. The third-order valence-corrected chi connectivity index (χ3v) is 5.37. The van der Waals surface area contributed by atoms with Crippen LogP contribution in [0.1, 0.15) is 27.7 Å². The third-order valence-electron chi connectivity index (χ3n) is 5.37. The zero-order valence-electron chi connectivity index (χ0n) is 21.4. The van der Waals surface area contributed by atoms with Crippen LogP contribution in [0.25, 0.3) is 21.5 Å². The van der Waals surface area contributed by atoms with Crippen molar-refractivity contribution in [2.45, 2.75) is 39.9 Å². The van der Waals surface area contributed by atoms with Crippen molar-refractivity contribution in [3.05, 3.63) is 66.8 Å². The molecule has 7 heteroatoms. The number of hydrogen-bond donors (Lipinski definition) is 0. The average Bonchev–Trinajstić information content (AvgIpc) is 2.85. The van der Waals surface area contributed by atoms with Crippen LogP contribution in [0.2, 0.25) is 0 Å². The molecule has 0 bridgehead atoms. The summed E-state index contributed by atoms with van der Waals surface area (Å²) >= 11 is 0. The molecule has 2 unspecified atom stereocenters. The molecule has 0 radical (unpaired) electrons. The number of ether oxygens (including phenoxy) is 5. The summed E-state index contributed by atoms with van der Waals surface area (Å²) in [5.41, 5.74) is 0.654. The zero-order chi connectivity index (χ0) is 26.4. The van der Waals surface area contributed by atoms with E-state index in [1.165, 1.54) is 0 Å². The van der Waals surface area contributed by atoms with E-state index < -0.39 is 24.1 Å². The van der Waals surface area contributed by atoms with E-state index in [4.69, 9.17) is 23.7 Å². The molecule has 0 N–H and O–H groups in total. The van der Waals surface area contributed by atoms with Crippen molar-refractivity contribution >= 4 is 33.5 Å². The highest BCUT2D eigenvalue weighted by Crippen LogP contribution is 2.44. The number of fused-ring (bicyclic) bond motifs is 2. The molecule has 3 aromatic carbocycles. The van der Waals surface area contributed by atoms with E-state index >= 15 is 0 Å². The van der Waals surface area contributed by atoms with Gasteiger partial charge in [-0.25, -0.2) is 9.59 Å². The summed E-state index contributed by atoms with van der Waals surface area (Å²) in [6.07, 6.45) is -0.977. The second-order valence-electron chi connectivity index (χ2n) is 8.73. The predicted molar refractivity (Wildman–Crippen MR) is 140 cm³/mol. The summed E-state index contributed by atoms with van der Waals surface area (Å²) in [5, 5.41) is 3.22. The van der Waals surface area contributed by atoms with Gasteiger partial charge in [-0.15, -0.1) is 0 Å². The van der Waals surface area contributed by atoms with Crippen LogP contribution < -0.4 is 14.2 Å². The molecule has 190 valence electrons. The summed E-state index contributed by atoms with van der Waals surface area (Å²) in [4.78, 5) is 23.8. The number of carbonyl (C=O) groups is 2. The van der Waals surface area contributed by atoms with Crippen molar-refractivity contribution in [1.82, 2.24) is 0 Å². The summed E-state index contributed by atoms with van der Waals surface area (Å²) in [7, 11) is 1.59. The van der Waals surface area contributed by atoms with Gasteiger partial charge in [0.25, 0.3) is 0 Å². The molecule has 0 aliphatic heterocycles.